The van der Waals surface area contributed by atoms with Crippen LogP contribution in [-0.2, 0) is 6.42 Å². The summed E-state index contributed by atoms with van der Waals surface area (Å²) >= 11 is 0. The number of nitrogens with one attached hydrogen (secondary N) is 1. The Morgan fingerprint density at radius 3 is 3.50 bits per heavy atom. The second-order valence-electron chi connectivity index (χ2n) is 1.93. The van der Waals surface area contributed by atoms with Crippen LogP contribution in [0.15, 0.2) is 16.7 Å². The predicted octanol–water partition coefficient (Wildman–Crippen LogP) is 1.25. The maximum absolute atomic E-state index is 5.11. The van der Waals surface area contributed by atoms with Gasteiger partial charge in [-0.05, 0) is 6.07 Å². The third-order valence-electron chi connectivity index (χ3n) is 1.41. The lowest BCUT2D eigenvalue weighted by Crippen LogP contribution is -1.90. The molecule has 1 aromatic heterocycles. The van der Waals surface area contributed by atoms with Gasteiger partial charge in [0.1, 0.15) is 5.76 Å². The molecule has 1 aliphatic heterocycles. The molecular weight excluding hydrogens is 102 g/mol. The van der Waals surface area contributed by atoms with E-state index in [1.54, 1.807) is 6.26 Å². The fraction of sp³-hybridized carbons (Fsp3) is 0.333. The molecule has 2 heteroatoms. The average Bonchev–Trinajstić information content (AvgIpc) is 2.15. The fourth-order valence-electron chi connectivity index (χ4n) is 1.00. The van der Waals surface area contributed by atoms with Crippen molar-refractivity contribution in [3.8, 4) is 0 Å². The fourth-order valence-corrected chi connectivity index (χ4v) is 1.00. The maximum atomic E-state index is 5.11. The van der Waals surface area contributed by atoms with Gasteiger partial charge in [0.05, 0.1) is 12.0 Å². The minimum Gasteiger partial charge on any atom is -0.467 e. The van der Waals surface area contributed by atoms with Crippen molar-refractivity contribution >= 4 is 5.69 Å². The van der Waals surface area contributed by atoms with Gasteiger partial charge in [-0.2, -0.15) is 0 Å². The van der Waals surface area contributed by atoms with Gasteiger partial charge in [-0.1, -0.05) is 0 Å². The van der Waals surface area contributed by atoms with Crippen molar-refractivity contribution in [3.05, 3.63) is 18.1 Å². The van der Waals surface area contributed by atoms with E-state index in [1.165, 1.54) is 5.69 Å². The molecule has 0 aliphatic carbocycles. The summed E-state index contributed by atoms with van der Waals surface area (Å²) in [6.07, 6.45) is 2.76. The van der Waals surface area contributed by atoms with Crippen LogP contribution in [0.5, 0.6) is 0 Å². The molecule has 2 heterocycles. The quantitative estimate of drug-likeness (QED) is 0.542. The second-order valence-corrected chi connectivity index (χ2v) is 1.93. The molecule has 0 spiro atoms. The van der Waals surface area contributed by atoms with Crippen LogP contribution in [0.1, 0.15) is 5.76 Å². The zero-order valence-corrected chi connectivity index (χ0v) is 4.48. The number of anilines is 1. The average molecular weight is 109 g/mol. The number of rotatable bonds is 0. The van der Waals surface area contributed by atoms with Crippen LogP contribution in [-0.4, -0.2) is 6.54 Å². The lowest BCUT2D eigenvalue weighted by atomic mass is 10.4. The predicted molar refractivity (Wildman–Crippen MR) is 30.9 cm³/mol. The van der Waals surface area contributed by atoms with Gasteiger partial charge in [0.15, 0.2) is 0 Å². The van der Waals surface area contributed by atoms with Crippen LogP contribution in [0.2, 0.25) is 0 Å². The Labute approximate surface area is 47.5 Å². The Bertz CT molecular complexity index is 174. The van der Waals surface area contributed by atoms with Gasteiger partial charge < -0.3 is 9.73 Å². The molecule has 0 atom stereocenters. The Kier molecular flexibility index (Phi) is 0.640. The topological polar surface area (TPSA) is 25.2 Å². The molecule has 0 radical (unpaired) electrons. The van der Waals surface area contributed by atoms with Gasteiger partial charge in [0.2, 0.25) is 0 Å². The van der Waals surface area contributed by atoms with Gasteiger partial charge in [0, 0.05) is 13.0 Å². The Morgan fingerprint density at radius 2 is 2.62 bits per heavy atom. The largest absolute Gasteiger partial charge is 0.467 e. The number of furan rings is 1. The number of fused-ring (bicyclic) bond motifs is 1. The van der Waals surface area contributed by atoms with Gasteiger partial charge in [-0.15, -0.1) is 0 Å². The lowest BCUT2D eigenvalue weighted by Gasteiger charge is -1.84. The highest BCUT2D eigenvalue weighted by molar-refractivity contribution is 5.50. The third kappa shape index (κ3) is 0.372. The number of hydrogen-bond acceptors (Lipinski definition) is 2. The van der Waals surface area contributed by atoms with Gasteiger partial charge in [-0.25, -0.2) is 0 Å². The van der Waals surface area contributed by atoms with Crippen LogP contribution in [0.4, 0.5) is 5.69 Å². The molecule has 0 unspecified atom stereocenters. The van der Waals surface area contributed by atoms with Gasteiger partial charge in [0.25, 0.3) is 0 Å². The first-order valence-corrected chi connectivity index (χ1v) is 2.77. The summed E-state index contributed by atoms with van der Waals surface area (Å²) in [7, 11) is 0. The first-order valence-electron chi connectivity index (χ1n) is 2.77. The molecule has 2 rings (SSSR count). The van der Waals surface area contributed by atoms with E-state index in [-0.39, 0.29) is 0 Å². The molecule has 0 saturated heterocycles. The monoisotopic (exact) mass is 109 g/mol. The van der Waals surface area contributed by atoms with E-state index in [4.69, 9.17) is 4.42 Å². The molecule has 2 nitrogen and oxygen atoms in total. The lowest BCUT2D eigenvalue weighted by molar-refractivity contribution is 0.521. The Balaban J connectivity index is 2.54. The molecule has 1 aliphatic rings. The van der Waals surface area contributed by atoms with E-state index < -0.39 is 0 Å². The molecule has 0 saturated carbocycles. The minimum atomic E-state index is 1.04. The molecule has 1 N–H and O–H groups in total. The van der Waals surface area contributed by atoms with Crippen molar-refractivity contribution < 1.29 is 4.42 Å². The van der Waals surface area contributed by atoms with Gasteiger partial charge >= 0.3 is 0 Å². The smallest absolute Gasteiger partial charge is 0.128 e. The molecule has 8 heavy (non-hydrogen) atoms. The highest BCUT2D eigenvalue weighted by atomic mass is 16.3. The van der Waals surface area contributed by atoms with Crippen molar-refractivity contribution in [3.63, 3.8) is 0 Å². The molecular formula is C6H7NO. The molecule has 0 bridgehead atoms. The van der Waals surface area contributed by atoms with Crippen LogP contribution < -0.4 is 5.32 Å². The Hall–Kier alpha value is -0.920. The zero-order valence-electron chi connectivity index (χ0n) is 4.48. The summed E-state index contributed by atoms with van der Waals surface area (Å²) in [5.74, 6) is 1.10. The van der Waals surface area contributed by atoms with Crippen molar-refractivity contribution in [2.45, 2.75) is 6.42 Å². The van der Waals surface area contributed by atoms with E-state index >= 15 is 0 Å². The Morgan fingerprint density at radius 1 is 1.62 bits per heavy atom. The van der Waals surface area contributed by atoms with Crippen molar-refractivity contribution in [2.75, 3.05) is 11.9 Å². The normalized spacial score (nSPS) is 15.5. The van der Waals surface area contributed by atoms with E-state index in [1.807, 2.05) is 6.07 Å². The summed E-state index contributed by atoms with van der Waals surface area (Å²) in [4.78, 5) is 0. The molecule has 0 aromatic carbocycles. The van der Waals surface area contributed by atoms with E-state index in [0.29, 0.717) is 0 Å². The SMILES string of the molecule is c1cc2c(o1)CCN2. The maximum Gasteiger partial charge on any atom is 0.128 e. The minimum absolute atomic E-state index is 1.04. The first kappa shape index (κ1) is 4.01. The van der Waals surface area contributed by atoms with Crippen LogP contribution in [0.25, 0.3) is 0 Å². The molecule has 0 amide bonds. The molecule has 0 fully saturated rings. The van der Waals surface area contributed by atoms with E-state index in [0.717, 1.165) is 18.7 Å². The molecule has 42 valence electrons. The summed E-state index contributed by atoms with van der Waals surface area (Å²) in [5.41, 5.74) is 1.17. The zero-order chi connectivity index (χ0) is 5.40. The second kappa shape index (κ2) is 1.28. The van der Waals surface area contributed by atoms with Crippen molar-refractivity contribution in [1.29, 1.82) is 0 Å². The first-order chi connectivity index (χ1) is 3.97. The van der Waals surface area contributed by atoms with Crippen molar-refractivity contribution in [1.82, 2.24) is 0 Å². The highest BCUT2D eigenvalue weighted by Gasteiger charge is 2.10. The number of hydrogen-bond donors (Lipinski definition) is 1. The summed E-state index contributed by atoms with van der Waals surface area (Å²) in [6, 6.07) is 1.96. The highest BCUT2D eigenvalue weighted by Crippen LogP contribution is 2.21. The van der Waals surface area contributed by atoms with Crippen LogP contribution in [0.3, 0.4) is 0 Å². The standard InChI is InChI=1S/C6H7NO/c1-3-7-5-2-4-8-6(1)5/h2,4,7H,1,3H2. The van der Waals surface area contributed by atoms with Crippen LogP contribution in [0, 0.1) is 0 Å². The summed E-state index contributed by atoms with van der Waals surface area (Å²) in [5, 5.41) is 3.19. The third-order valence-corrected chi connectivity index (χ3v) is 1.41. The summed E-state index contributed by atoms with van der Waals surface area (Å²) in [6.45, 7) is 1.04. The van der Waals surface area contributed by atoms with Crippen molar-refractivity contribution in [2.24, 2.45) is 0 Å². The van der Waals surface area contributed by atoms with E-state index in [9.17, 15) is 0 Å². The van der Waals surface area contributed by atoms with Gasteiger partial charge in [-0.3, -0.25) is 0 Å². The van der Waals surface area contributed by atoms with E-state index in [2.05, 4.69) is 5.32 Å². The molecule has 1 aromatic rings. The summed E-state index contributed by atoms with van der Waals surface area (Å²) < 4.78 is 5.11. The van der Waals surface area contributed by atoms with Crippen LogP contribution >= 0.6 is 0 Å².